The number of carbonyl (C=O) groups is 1. The number of fused-ring (bicyclic) bond motifs is 1. The summed E-state index contributed by atoms with van der Waals surface area (Å²) >= 11 is 0. The molecular formula is C12H18N2O. The summed E-state index contributed by atoms with van der Waals surface area (Å²) in [7, 11) is 0. The smallest absolute Gasteiger partial charge is 0.123 e. The Morgan fingerprint density at radius 3 is 3.13 bits per heavy atom. The van der Waals surface area contributed by atoms with Gasteiger partial charge in [0, 0.05) is 30.8 Å². The zero-order chi connectivity index (χ0) is 10.8. The van der Waals surface area contributed by atoms with Crippen molar-refractivity contribution in [2.45, 2.75) is 39.7 Å². The molecule has 1 aromatic heterocycles. The summed E-state index contributed by atoms with van der Waals surface area (Å²) in [6, 6.07) is 0. The molecule has 1 aromatic rings. The Bertz CT molecular complexity index is 355. The predicted octanol–water partition coefficient (Wildman–Crippen LogP) is 1.84. The Hall–Kier alpha value is -1.12. The van der Waals surface area contributed by atoms with Crippen molar-refractivity contribution in [3.8, 4) is 0 Å². The van der Waals surface area contributed by atoms with Crippen molar-refractivity contribution in [3.63, 3.8) is 0 Å². The SMILES string of the molecule is CC(C)Cc1ncc2n1CCC(C=O)C2. The lowest BCUT2D eigenvalue weighted by Crippen LogP contribution is -2.21. The fraction of sp³-hybridized carbons (Fsp3) is 0.667. The van der Waals surface area contributed by atoms with Gasteiger partial charge in [-0.2, -0.15) is 0 Å². The first-order chi connectivity index (χ1) is 7.20. The molecule has 2 heterocycles. The Morgan fingerprint density at radius 2 is 2.47 bits per heavy atom. The maximum Gasteiger partial charge on any atom is 0.123 e. The van der Waals surface area contributed by atoms with E-state index in [9.17, 15) is 4.79 Å². The average molecular weight is 206 g/mol. The number of hydrogen-bond acceptors (Lipinski definition) is 2. The van der Waals surface area contributed by atoms with Gasteiger partial charge in [-0.25, -0.2) is 4.98 Å². The molecule has 0 aromatic carbocycles. The molecule has 15 heavy (non-hydrogen) atoms. The normalized spacial score (nSPS) is 20.3. The van der Waals surface area contributed by atoms with Crippen LogP contribution in [0.15, 0.2) is 6.20 Å². The van der Waals surface area contributed by atoms with Crippen LogP contribution < -0.4 is 0 Å². The third-order valence-electron chi connectivity index (χ3n) is 3.00. The maximum absolute atomic E-state index is 10.7. The van der Waals surface area contributed by atoms with E-state index < -0.39 is 0 Å². The number of hydrogen-bond donors (Lipinski definition) is 0. The second-order valence-corrected chi connectivity index (χ2v) is 4.80. The number of rotatable bonds is 3. The molecule has 0 radical (unpaired) electrons. The molecule has 0 N–H and O–H groups in total. The maximum atomic E-state index is 10.7. The van der Waals surface area contributed by atoms with Gasteiger partial charge in [0.1, 0.15) is 12.1 Å². The highest BCUT2D eigenvalue weighted by Crippen LogP contribution is 2.21. The highest BCUT2D eigenvalue weighted by Gasteiger charge is 2.20. The largest absolute Gasteiger partial charge is 0.332 e. The van der Waals surface area contributed by atoms with Crippen molar-refractivity contribution in [1.29, 1.82) is 0 Å². The van der Waals surface area contributed by atoms with Crippen LogP contribution in [0.3, 0.4) is 0 Å². The van der Waals surface area contributed by atoms with Crippen molar-refractivity contribution < 1.29 is 4.79 Å². The van der Waals surface area contributed by atoms with Gasteiger partial charge < -0.3 is 9.36 Å². The second kappa shape index (κ2) is 4.17. The zero-order valence-corrected chi connectivity index (χ0v) is 9.44. The molecule has 0 fully saturated rings. The number of carbonyl (C=O) groups excluding carboxylic acids is 1. The van der Waals surface area contributed by atoms with Gasteiger partial charge in [0.15, 0.2) is 0 Å². The molecule has 0 bridgehead atoms. The fourth-order valence-electron chi connectivity index (χ4n) is 2.20. The lowest BCUT2D eigenvalue weighted by molar-refractivity contribution is -0.111. The summed E-state index contributed by atoms with van der Waals surface area (Å²) in [5.41, 5.74) is 1.23. The number of imidazole rings is 1. The van der Waals surface area contributed by atoms with E-state index in [1.807, 2.05) is 6.20 Å². The van der Waals surface area contributed by atoms with Crippen LogP contribution in [0, 0.1) is 11.8 Å². The first-order valence-corrected chi connectivity index (χ1v) is 5.69. The molecule has 1 atom stereocenters. The summed E-state index contributed by atoms with van der Waals surface area (Å²) < 4.78 is 2.29. The molecule has 0 saturated heterocycles. The van der Waals surface area contributed by atoms with Crippen molar-refractivity contribution in [2.24, 2.45) is 11.8 Å². The molecule has 2 rings (SSSR count). The summed E-state index contributed by atoms with van der Waals surface area (Å²) in [6.45, 7) is 5.37. The highest BCUT2D eigenvalue weighted by atomic mass is 16.1. The van der Waals surface area contributed by atoms with Crippen LogP contribution in [0.25, 0.3) is 0 Å². The Labute approximate surface area is 90.5 Å². The molecule has 3 heteroatoms. The number of aromatic nitrogens is 2. The lowest BCUT2D eigenvalue weighted by Gasteiger charge is -2.21. The monoisotopic (exact) mass is 206 g/mol. The third-order valence-corrected chi connectivity index (χ3v) is 3.00. The van der Waals surface area contributed by atoms with E-state index >= 15 is 0 Å². The molecule has 1 aliphatic rings. The Morgan fingerprint density at radius 1 is 1.67 bits per heavy atom. The molecule has 0 saturated carbocycles. The first kappa shape index (κ1) is 10.4. The molecule has 3 nitrogen and oxygen atoms in total. The lowest BCUT2D eigenvalue weighted by atomic mass is 9.98. The average Bonchev–Trinajstić information content (AvgIpc) is 2.60. The molecule has 0 amide bonds. The minimum atomic E-state index is 0.209. The summed E-state index contributed by atoms with van der Waals surface area (Å²) in [5.74, 6) is 2.03. The zero-order valence-electron chi connectivity index (χ0n) is 9.44. The van der Waals surface area contributed by atoms with Crippen LogP contribution in [0.5, 0.6) is 0 Å². The van der Waals surface area contributed by atoms with Gasteiger partial charge in [0.2, 0.25) is 0 Å². The van der Waals surface area contributed by atoms with E-state index in [-0.39, 0.29) is 5.92 Å². The quantitative estimate of drug-likeness (QED) is 0.707. The Kier molecular flexibility index (Phi) is 2.89. The van der Waals surface area contributed by atoms with E-state index in [0.717, 1.165) is 32.1 Å². The standard InChI is InChI=1S/C12H18N2O/c1-9(2)5-12-13-7-11-6-10(8-15)3-4-14(11)12/h7-10H,3-6H2,1-2H3. The van der Waals surface area contributed by atoms with Crippen LogP contribution in [0.4, 0.5) is 0 Å². The van der Waals surface area contributed by atoms with Crippen molar-refractivity contribution in [3.05, 3.63) is 17.7 Å². The van der Waals surface area contributed by atoms with Crippen LogP contribution in [0.2, 0.25) is 0 Å². The highest BCUT2D eigenvalue weighted by molar-refractivity contribution is 5.54. The summed E-state index contributed by atoms with van der Waals surface area (Å²) in [5, 5.41) is 0. The van der Waals surface area contributed by atoms with Gasteiger partial charge in [0.05, 0.1) is 0 Å². The van der Waals surface area contributed by atoms with E-state index in [1.54, 1.807) is 0 Å². The Balaban J connectivity index is 2.18. The van der Waals surface area contributed by atoms with Crippen LogP contribution >= 0.6 is 0 Å². The number of aldehydes is 1. The van der Waals surface area contributed by atoms with Crippen molar-refractivity contribution >= 4 is 6.29 Å². The van der Waals surface area contributed by atoms with Crippen molar-refractivity contribution in [1.82, 2.24) is 9.55 Å². The molecular weight excluding hydrogens is 188 g/mol. The van der Waals surface area contributed by atoms with Crippen LogP contribution in [-0.2, 0) is 24.2 Å². The first-order valence-electron chi connectivity index (χ1n) is 5.69. The minimum Gasteiger partial charge on any atom is -0.332 e. The topological polar surface area (TPSA) is 34.9 Å². The van der Waals surface area contributed by atoms with Gasteiger partial charge in [-0.05, 0) is 18.8 Å². The predicted molar refractivity (Wildman–Crippen MR) is 58.6 cm³/mol. The van der Waals surface area contributed by atoms with Crippen LogP contribution in [-0.4, -0.2) is 15.8 Å². The molecule has 1 unspecified atom stereocenters. The van der Waals surface area contributed by atoms with Crippen LogP contribution in [0.1, 0.15) is 31.8 Å². The van der Waals surface area contributed by atoms with Gasteiger partial charge in [-0.3, -0.25) is 0 Å². The van der Waals surface area contributed by atoms with Gasteiger partial charge in [-0.15, -0.1) is 0 Å². The molecule has 82 valence electrons. The molecule has 0 spiro atoms. The van der Waals surface area contributed by atoms with Gasteiger partial charge in [-0.1, -0.05) is 13.8 Å². The third kappa shape index (κ3) is 2.11. The number of nitrogens with zero attached hydrogens (tertiary/aromatic N) is 2. The van der Waals surface area contributed by atoms with Gasteiger partial charge >= 0.3 is 0 Å². The minimum absolute atomic E-state index is 0.209. The van der Waals surface area contributed by atoms with E-state index in [0.29, 0.717) is 5.92 Å². The summed E-state index contributed by atoms with van der Waals surface area (Å²) in [6.07, 6.45) is 5.89. The molecule has 1 aliphatic heterocycles. The van der Waals surface area contributed by atoms with E-state index in [1.165, 1.54) is 11.5 Å². The summed E-state index contributed by atoms with van der Waals surface area (Å²) in [4.78, 5) is 15.2. The molecule has 0 aliphatic carbocycles. The second-order valence-electron chi connectivity index (χ2n) is 4.80. The van der Waals surface area contributed by atoms with E-state index in [4.69, 9.17) is 0 Å². The fourth-order valence-corrected chi connectivity index (χ4v) is 2.20. The van der Waals surface area contributed by atoms with Gasteiger partial charge in [0.25, 0.3) is 0 Å². The van der Waals surface area contributed by atoms with E-state index in [2.05, 4.69) is 23.4 Å². The van der Waals surface area contributed by atoms with Crippen molar-refractivity contribution in [2.75, 3.05) is 0 Å².